The number of hydrogen-bond acceptors (Lipinski definition) is 4. The Balaban J connectivity index is 1.81. The topological polar surface area (TPSA) is 38.2 Å². The second-order valence-corrected chi connectivity index (χ2v) is 5.42. The fraction of sp³-hybridized carbons (Fsp3) is 0.692. The molecule has 2 aliphatic rings. The summed E-state index contributed by atoms with van der Waals surface area (Å²) >= 11 is 6.10. The van der Waals surface area contributed by atoms with Crippen LogP contribution in [0.15, 0.2) is 6.07 Å². The third kappa shape index (κ3) is 2.59. The smallest absolute Gasteiger partial charge is 0.135 e. The van der Waals surface area contributed by atoms with Gasteiger partial charge in [0.1, 0.15) is 16.8 Å². The van der Waals surface area contributed by atoms with E-state index in [0.717, 1.165) is 37.8 Å². The number of morpholine rings is 1. The Bertz CT molecular complexity index is 436. The van der Waals surface area contributed by atoms with Crippen molar-refractivity contribution in [1.29, 1.82) is 0 Å². The van der Waals surface area contributed by atoms with E-state index in [9.17, 15) is 0 Å². The predicted octanol–water partition coefficient (Wildman–Crippen LogP) is 2.62. The molecule has 5 heteroatoms. The minimum Gasteiger partial charge on any atom is -0.375 e. The van der Waals surface area contributed by atoms with Crippen molar-refractivity contribution in [3.63, 3.8) is 0 Å². The Morgan fingerprint density at radius 1 is 1.44 bits per heavy atom. The Morgan fingerprint density at radius 3 is 3.00 bits per heavy atom. The lowest BCUT2D eigenvalue weighted by Gasteiger charge is -2.33. The van der Waals surface area contributed by atoms with Crippen molar-refractivity contribution in [3.8, 4) is 0 Å². The second-order valence-electron chi connectivity index (χ2n) is 5.03. The van der Waals surface area contributed by atoms with E-state index in [4.69, 9.17) is 16.3 Å². The molecule has 1 atom stereocenters. The highest BCUT2D eigenvalue weighted by Gasteiger charge is 2.28. The number of halogens is 1. The van der Waals surface area contributed by atoms with Crippen LogP contribution in [0.2, 0.25) is 5.15 Å². The lowest BCUT2D eigenvalue weighted by Crippen LogP contribution is -2.42. The van der Waals surface area contributed by atoms with E-state index in [1.54, 1.807) is 0 Å². The highest BCUT2D eigenvalue weighted by atomic mass is 35.5. The van der Waals surface area contributed by atoms with E-state index >= 15 is 0 Å². The van der Waals surface area contributed by atoms with Gasteiger partial charge in [-0.2, -0.15) is 0 Å². The molecule has 1 aromatic rings. The van der Waals surface area contributed by atoms with Crippen molar-refractivity contribution in [2.75, 3.05) is 24.6 Å². The number of hydrogen-bond donors (Lipinski definition) is 0. The second kappa shape index (κ2) is 5.02. The molecule has 1 aliphatic heterocycles. The van der Waals surface area contributed by atoms with E-state index in [2.05, 4.69) is 21.8 Å². The largest absolute Gasteiger partial charge is 0.375 e. The molecule has 2 fully saturated rings. The molecule has 0 N–H and O–H groups in total. The van der Waals surface area contributed by atoms with Gasteiger partial charge in [0.15, 0.2) is 0 Å². The summed E-state index contributed by atoms with van der Waals surface area (Å²) in [6.45, 7) is 4.69. The van der Waals surface area contributed by atoms with Crippen molar-refractivity contribution < 1.29 is 4.74 Å². The number of rotatable bonds is 3. The maximum absolute atomic E-state index is 6.10. The van der Waals surface area contributed by atoms with Gasteiger partial charge in [-0.1, -0.05) is 18.5 Å². The summed E-state index contributed by atoms with van der Waals surface area (Å²) in [5, 5.41) is 0.557. The monoisotopic (exact) mass is 267 g/mol. The molecular weight excluding hydrogens is 250 g/mol. The highest BCUT2D eigenvalue weighted by molar-refractivity contribution is 6.29. The fourth-order valence-electron chi connectivity index (χ4n) is 2.28. The third-order valence-electron chi connectivity index (χ3n) is 3.56. The molecule has 0 amide bonds. The molecule has 3 rings (SSSR count). The summed E-state index contributed by atoms with van der Waals surface area (Å²) in [6.07, 6.45) is 3.73. The quantitative estimate of drug-likeness (QED) is 0.789. The van der Waals surface area contributed by atoms with Gasteiger partial charge in [-0.3, -0.25) is 0 Å². The van der Waals surface area contributed by atoms with Crippen LogP contribution in [0.3, 0.4) is 0 Å². The van der Waals surface area contributed by atoms with E-state index in [1.807, 2.05) is 6.07 Å². The van der Waals surface area contributed by atoms with Crippen molar-refractivity contribution in [1.82, 2.24) is 9.97 Å². The molecule has 0 bridgehead atoms. The number of anilines is 1. The molecule has 1 saturated carbocycles. The average Bonchev–Trinajstić information content (AvgIpc) is 3.22. The predicted molar refractivity (Wildman–Crippen MR) is 71.3 cm³/mol. The Kier molecular flexibility index (Phi) is 3.39. The van der Waals surface area contributed by atoms with Gasteiger partial charge in [-0.25, -0.2) is 9.97 Å². The molecule has 1 aromatic heterocycles. The van der Waals surface area contributed by atoms with Crippen LogP contribution in [0.4, 0.5) is 5.82 Å². The minimum absolute atomic E-state index is 0.303. The first kappa shape index (κ1) is 12.2. The summed E-state index contributed by atoms with van der Waals surface area (Å²) in [5.41, 5.74) is 0. The van der Waals surface area contributed by atoms with Crippen molar-refractivity contribution in [2.24, 2.45) is 0 Å². The highest BCUT2D eigenvalue weighted by Crippen LogP contribution is 2.39. The zero-order valence-electron chi connectivity index (χ0n) is 10.6. The van der Waals surface area contributed by atoms with Gasteiger partial charge in [0.05, 0.1) is 12.7 Å². The molecular formula is C13H18ClN3O. The van der Waals surface area contributed by atoms with Gasteiger partial charge in [0, 0.05) is 25.1 Å². The Labute approximate surface area is 112 Å². The zero-order valence-corrected chi connectivity index (χ0v) is 11.4. The summed E-state index contributed by atoms with van der Waals surface area (Å²) < 4.78 is 5.68. The maximum atomic E-state index is 6.10. The van der Waals surface area contributed by atoms with Gasteiger partial charge in [-0.05, 0) is 19.3 Å². The van der Waals surface area contributed by atoms with Crippen molar-refractivity contribution in [3.05, 3.63) is 17.0 Å². The SMILES string of the molecule is CCC1CN(c2cc(Cl)nc(C3CC3)n2)CCO1. The van der Waals surface area contributed by atoms with Crippen LogP contribution in [0.1, 0.15) is 37.9 Å². The molecule has 18 heavy (non-hydrogen) atoms. The van der Waals surface area contributed by atoms with Gasteiger partial charge >= 0.3 is 0 Å². The normalized spacial score (nSPS) is 24.3. The Hall–Kier alpha value is -0.870. The van der Waals surface area contributed by atoms with Gasteiger partial charge in [0.25, 0.3) is 0 Å². The van der Waals surface area contributed by atoms with Gasteiger partial charge < -0.3 is 9.64 Å². The Morgan fingerprint density at radius 2 is 2.28 bits per heavy atom. The molecule has 1 unspecified atom stereocenters. The van der Waals surface area contributed by atoms with Crippen molar-refractivity contribution >= 4 is 17.4 Å². The molecule has 4 nitrogen and oxygen atoms in total. The van der Waals surface area contributed by atoms with E-state index in [1.165, 1.54) is 12.8 Å². The zero-order chi connectivity index (χ0) is 12.5. The fourth-order valence-corrected chi connectivity index (χ4v) is 2.47. The number of aromatic nitrogens is 2. The average molecular weight is 268 g/mol. The molecule has 0 radical (unpaired) electrons. The lowest BCUT2D eigenvalue weighted by molar-refractivity contribution is 0.0381. The van der Waals surface area contributed by atoms with Crippen LogP contribution in [0, 0.1) is 0 Å². The summed E-state index contributed by atoms with van der Waals surface area (Å²) in [5.74, 6) is 2.40. The number of ether oxygens (including phenoxy) is 1. The maximum Gasteiger partial charge on any atom is 0.135 e. The van der Waals surface area contributed by atoms with E-state index in [0.29, 0.717) is 17.2 Å². The van der Waals surface area contributed by atoms with Crippen LogP contribution >= 0.6 is 11.6 Å². The third-order valence-corrected chi connectivity index (χ3v) is 3.75. The van der Waals surface area contributed by atoms with E-state index < -0.39 is 0 Å². The van der Waals surface area contributed by atoms with Crippen LogP contribution in [-0.2, 0) is 4.74 Å². The molecule has 98 valence electrons. The van der Waals surface area contributed by atoms with Gasteiger partial charge in [-0.15, -0.1) is 0 Å². The minimum atomic E-state index is 0.303. The summed E-state index contributed by atoms with van der Waals surface area (Å²) in [4.78, 5) is 11.3. The first-order valence-corrected chi connectivity index (χ1v) is 7.05. The summed E-state index contributed by atoms with van der Waals surface area (Å²) in [6, 6.07) is 1.87. The first-order chi connectivity index (χ1) is 8.76. The number of nitrogens with zero attached hydrogens (tertiary/aromatic N) is 3. The molecule has 1 saturated heterocycles. The molecule has 1 aliphatic carbocycles. The van der Waals surface area contributed by atoms with Crippen LogP contribution < -0.4 is 4.90 Å². The molecule has 0 aromatic carbocycles. The lowest BCUT2D eigenvalue weighted by atomic mass is 10.2. The van der Waals surface area contributed by atoms with Crippen LogP contribution in [0.25, 0.3) is 0 Å². The van der Waals surface area contributed by atoms with E-state index in [-0.39, 0.29) is 0 Å². The first-order valence-electron chi connectivity index (χ1n) is 6.67. The molecule has 0 spiro atoms. The summed E-state index contributed by atoms with van der Waals surface area (Å²) in [7, 11) is 0. The van der Waals surface area contributed by atoms with Crippen molar-refractivity contribution in [2.45, 2.75) is 38.2 Å². The van der Waals surface area contributed by atoms with Crippen LogP contribution in [-0.4, -0.2) is 35.8 Å². The molecule has 2 heterocycles. The standard InChI is InChI=1S/C13H18ClN3O/c1-2-10-8-17(5-6-18-10)12-7-11(14)15-13(16-12)9-3-4-9/h7,9-10H,2-6,8H2,1H3. The van der Waals surface area contributed by atoms with Gasteiger partial charge in [0.2, 0.25) is 0 Å². The van der Waals surface area contributed by atoms with Crippen LogP contribution in [0.5, 0.6) is 0 Å².